The van der Waals surface area contributed by atoms with Crippen LogP contribution in [0, 0.1) is 0 Å². The molecular weight excluding hydrogens is 188 g/mol. The maximum absolute atomic E-state index is 11.5. The molecule has 1 aliphatic carbocycles. The smallest absolute Gasteiger partial charge is 0.192 e. The Morgan fingerprint density at radius 3 is 2.69 bits per heavy atom. The van der Waals surface area contributed by atoms with E-state index in [0.717, 1.165) is 17.5 Å². The highest BCUT2D eigenvalue weighted by molar-refractivity contribution is 6.03. The number of hydrogen-bond donors (Lipinski definition) is 0. The lowest BCUT2D eigenvalue weighted by molar-refractivity contribution is 0.0646. The average molecular weight is 199 g/mol. The van der Waals surface area contributed by atoms with Crippen LogP contribution in [0.15, 0.2) is 24.3 Å². The summed E-state index contributed by atoms with van der Waals surface area (Å²) < 4.78 is 5.06. The number of methoxy groups -OCH3 is 1. The van der Waals surface area contributed by atoms with Crippen molar-refractivity contribution >= 4 is 18.2 Å². The van der Waals surface area contributed by atoms with Crippen molar-refractivity contribution in [3.05, 3.63) is 35.4 Å². The Morgan fingerprint density at radius 2 is 2.08 bits per heavy atom. The number of ether oxygens (including phenoxy) is 1. The van der Waals surface area contributed by atoms with Crippen LogP contribution >= 0.6 is 12.4 Å². The van der Waals surface area contributed by atoms with E-state index < -0.39 is 0 Å². The van der Waals surface area contributed by atoms with Gasteiger partial charge in [-0.3, -0.25) is 4.79 Å². The molecule has 1 aromatic rings. The molecule has 1 aromatic carbocycles. The molecule has 0 saturated carbocycles. The summed E-state index contributed by atoms with van der Waals surface area (Å²) in [6.07, 6.45) is 0.480. The number of hydrogen-bond acceptors (Lipinski definition) is 2. The van der Waals surface area contributed by atoms with Gasteiger partial charge in [0.1, 0.15) is 6.10 Å². The maximum Gasteiger partial charge on any atom is 0.192 e. The maximum atomic E-state index is 11.5. The van der Waals surface area contributed by atoms with Gasteiger partial charge in [-0.25, -0.2) is 0 Å². The number of carbonyl (C=O) groups is 1. The van der Waals surface area contributed by atoms with E-state index in [1.54, 1.807) is 7.11 Å². The van der Waals surface area contributed by atoms with Crippen molar-refractivity contribution in [2.75, 3.05) is 7.11 Å². The van der Waals surface area contributed by atoms with Gasteiger partial charge in [-0.05, 0) is 5.56 Å². The van der Waals surface area contributed by atoms with Crippen LogP contribution in [0.4, 0.5) is 0 Å². The summed E-state index contributed by atoms with van der Waals surface area (Å²) in [5.74, 6) is 0.119. The predicted octanol–water partition coefficient (Wildman–Crippen LogP) is 1.86. The zero-order valence-corrected chi connectivity index (χ0v) is 8.14. The third-order valence-corrected chi connectivity index (χ3v) is 2.27. The molecule has 0 radical (unpaired) electrons. The van der Waals surface area contributed by atoms with Gasteiger partial charge in [0, 0.05) is 19.1 Å². The number of rotatable bonds is 1. The zero-order chi connectivity index (χ0) is 8.55. The second-order valence-electron chi connectivity index (χ2n) is 2.95. The molecule has 2 nitrogen and oxygen atoms in total. The summed E-state index contributed by atoms with van der Waals surface area (Å²) in [5.41, 5.74) is 1.93. The van der Waals surface area contributed by atoms with Gasteiger partial charge in [0.2, 0.25) is 0 Å². The van der Waals surface area contributed by atoms with Gasteiger partial charge < -0.3 is 4.74 Å². The molecule has 0 amide bonds. The molecule has 70 valence electrons. The highest BCUT2D eigenvalue weighted by atomic mass is 35.5. The van der Waals surface area contributed by atoms with Crippen LogP contribution < -0.4 is 0 Å². The average Bonchev–Trinajstić information content (AvgIpc) is 2.44. The number of carbonyl (C=O) groups excluding carboxylic acids is 1. The molecule has 1 aliphatic rings. The fraction of sp³-hybridized carbons (Fsp3) is 0.300. The zero-order valence-electron chi connectivity index (χ0n) is 7.32. The summed E-state index contributed by atoms with van der Waals surface area (Å²) in [6, 6.07) is 7.67. The van der Waals surface area contributed by atoms with E-state index in [-0.39, 0.29) is 24.3 Å². The van der Waals surface area contributed by atoms with E-state index in [4.69, 9.17) is 4.74 Å². The van der Waals surface area contributed by atoms with E-state index in [2.05, 4.69) is 0 Å². The number of halogens is 1. The van der Waals surface area contributed by atoms with Crippen LogP contribution in [0.1, 0.15) is 15.9 Å². The molecule has 1 unspecified atom stereocenters. The first-order valence-electron chi connectivity index (χ1n) is 3.98. The summed E-state index contributed by atoms with van der Waals surface area (Å²) in [5, 5.41) is 0. The first-order chi connectivity index (χ1) is 5.83. The fourth-order valence-electron chi connectivity index (χ4n) is 1.59. The van der Waals surface area contributed by atoms with Crippen LogP contribution in [0.5, 0.6) is 0 Å². The lowest BCUT2D eigenvalue weighted by Crippen LogP contribution is -2.17. The molecule has 3 heteroatoms. The van der Waals surface area contributed by atoms with Crippen LogP contribution in [0.3, 0.4) is 0 Å². The second kappa shape index (κ2) is 3.90. The Labute approximate surface area is 83.3 Å². The molecule has 0 N–H and O–H groups in total. The first kappa shape index (κ1) is 10.2. The SMILES string of the molecule is COC1Cc2ccccc2C1=O.Cl. The highest BCUT2D eigenvalue weighted by Crippen LogP contribution is 2.23. The van der Waals surface area contributed by atoms with Gasteiger partial charge in [0.25, 0.3) is 0 Å². The van der Waals surface area contributed by atoms with Crippen LogP contribution in [0.25, 0.3) is 0 Å². The molecule has 13 heavy (non-hydrogen) atoms. The molecule has 0 aliphatic heterocycles. The van der Waals surface area contributed by atoms with Crippen molar-refractivity contribution in [1.29, 1.82) is 0 Å². The summed E-state index contributed by atoms with van der Waals surface area (Å²) in [4.78, 5) is 11.5. The molecule has 0 saturated heterocycles. The largest absolute Gasteiger partial charge is 0.373 e. The predicted molar refractivity (Wildman–Crippen MR) is 52.5 cm³/mol. The summed E-state index contributed by atoms with van der Waals surface area (Å²) >= 11 is 0. The van der Waals surface area contributed by atoms with Gasteiger partial charge in [-0.1, -0.05) is 24.3 Å². The second-order valence-corrected chi connectivity index (χ2v) is 2.95. The third kappa shape index (κ3) is 1.60. The van der Waals surface area contributed by atoms with Crippen LogP contribution in [-0.4, -0.2) is 19.0 Å². The van der Waals surface area contributed by atoms with Gasteiger partial charge in [-0.2, -0.15) is 0 Å². The molecule has 0 spiro atoms. The van der Waals surface area contributed by atoms with Gasteiger partial charge in [0.15, 0.2) is 5.78 Å². The normalized spacial score (nSPS) is 19.5. The standard InChI is InChI=1S/C10H10O2.ClH/c1-12-9-6-7-4-2-3-5-8(7)10(9)11;/h2-5,9H,6H2,1H3;1H. The van der Waals surface area contributed by atoms with Crippen molar-refractivity contribution in [3.63, 3.8) is 0 Å². The minimum atomic E-state index is -0.248. The fourth-order valence-corrected chi connectivity index (χ4v) is 1.59. The quantitative estimate of drug-likeness (QED) is 0.689. The van der Waals surface area contributed by atoms with E-state index in [9.17, 15) is 4.79 Å². The van der Waals surface area contributed by atoms with E-state index in [0.29, 0.717) is 0 Å². The number of fused-ring (bicyclic) bond motifs is 1. The van der Waals surface area contributed by atoms with Crippen LogP contribution in [0.2, 0.25) is 0 Å². The van der Waals surface area contributed by atoms with Gasteiger partial charge in [0.05, 0.1) is 0 Å². The summed E-state index contributed by atoms with van der Waals surface area (Å²) in [6.45, 7) is 0. The molecule has 0 fully saturated rings. The Bertz CT molecular complexity index is 322. The highest BCUT2D eigenvalue weighted by Gasteiger charge is 2.29. The molecule has 0 heterocycles. The lowest BCUT2D eigenvalue weighted by Gasteiger charge is -2.02. The van der Waals surface area contributed by atoms with Crippen molar-refractivity contribution in [2.24, 2.45) is 0 Å². The Kier molecular flexibility index (Phi) is 3.07. The minimum absolute atomic E-state index is 0. The third-order valence-electron chi connectivity index (χ3n) is 2.27. The van der Waals surface area contributed by atoms with Crippen LogP contribution in [-0.2, 0) is 11.2 Å². The van der Waals surface area contributed by atoms with Gasteiger partial charge in [-0.15, -0.1) is 12.4 Å². The minimum Gasteiger partial charge on any atom is -0.373 e. The van der Waals surface area contributed by atoms with Crippen molar-refractivity contribution in [1.82, 2.24) is 0 Å². The number of benzene rings is 1. The molecule has 0 aromatic heterocycles. The molecule has 2 rings (SSSR count). The molecule has 0 bridgehead atoms. The van der Waals surface area contributed by atoms with Gasteiger partial charge >= 0.3 is 0 Å². The summed E-state index contributed by atoms with van der Waals surface area (Å²) in [7, 11) is 1.58. The number of Topliss-reactive ketones (excluding diaryl/α,β-unsaturated/α-hetero) is 1. The van der Waals surface area contributed by atoms with Crippen molar-refractivity contribution in [3.8, 4) is 0 Å². The molecular formula is C10H11ClO2. The lowest BCUT2D eigenvalue weighted by atomic mass is 10.1. The monoisotopic (exact) mass is 198 g/mol. The van der Waals surface area contributed by atoms with E-state index in [1.807, 2.05) is 24.3 Å². The van der Waals surface area contributed by atoms with E-state index >= 15 is 0 Å². The molecule has 1 atom stereocenters. The Balaban J connectivity index is 0.000000845. The first-order valence-corrected chi connectivity index (χ1v) is 3.98. The van der Waals surface area contributed by atoms with Crippen molar-refractivity contribution in [2.45, 2.75) is 12.5 Å². The number of ketones is 1. The van der Waals surface area contributed by atoms with E-state index in [1.165, 1.54) is 0 Å². The van der Waals surface area contributed by atoms with Crippen molar-refractivity contribution < 1.29 is 9.53 Å². The topological polar surface area (TPSA) is 26.3 Å². The Morgan fingerprint density at radius 1 is 1.38 bits per heavy atom. The Hall–Kier alpha value is -0.860.